The minimum Gasteiger partial charge on any atom is -0.321 e. The third kappa shape index (κ3) is 10.8. The first kappa shape index (κ1) is 34.3. The molecule has 38 heavy (non-hydrogen) atoms. The van der Waals surface area contributed by atoms with Crippen molar-refractivity contribution in [2.45, 2.75) is 90.7 Å². The van der Waals surface area contributed by atoms with Gasteiger partial charge in [0.15, 0.2) is 0 Å². The molecule has 9 nitrogen and oxygen atoms in total. The van der Waals surface area contributed by atoms with Gasteiger partial charge in [0.05, 0.1) is 16.5 Å². The highest BCUT2D eigenvalue weighted by atomic mass is 32.2. The monoisotopic (exact) mass is 571 g/mol. The van der Waals surface area contributed by atoms with Crippen LogP contribution in [0.5, 0.6) is 0 Å². The van der Waals surface area contributed by atoms with Crippen molar-refractivity contribution in [3.05, 3.63) is 0 Å². The summed E-state index contributed by atoms with van der Waals surface area (Å²) in [7, 11) is 0. The maximum absolute atomic E-state index is 12.1. The van der Waals surface area contributed by atoms with Crippen LogP contribution in [0.25, 0.3) is 0 Å². The van der Waals surface area contributed by atoms with Gasteiger partial charge in [0.1, 0.15) is 11.6 Å². The molecule has 2 aliphatic rings. The maximum atomic E-state index is 12.1. The van der Waals surface area contributed by atoms with Crippen LogP contribution in [-0.2, 0) is 28.8 Å². The largest absolute Gasteiger partial charge is 0.321 e. The molecule has 2 fully saturated rings. The number of carbonyl (C=O) groups is 6. The van der Waals surface area contributed by atoms with Crippen LogP contribution in [0.3, 0.4) is 0 Å². The molecule has 2 rings (SSSR count). The van der Waals surface area contributed by atoms with E-state index in [0.29, 0.717) is 43.4 Å². The molecule has 0 radical (unpaired) electrons. The summed E-state index contributed by atoms with van der Waals surface area (Å²) < 4.78 is 0. The minimum atomic E-state index is -0.544. The highest BCUT2D eigenvalue weighted by Crippen LogP contribution is 2.27. The van der Waals surface area contributed by atoms with Gasteiger partial charge >= 0.3 is 0 Å². The van der Waals surface area contributed by atoms with Gasteiger partial charge in [-0.15, -0.1) is 23.5 Å². The second-order valence-corrected chi connectivity index (χ2v) is 13.4. The summed E-state index contributed by atoms with van der Waals surface area (Å²) in [4.78, 5) is 73.2. The molecule has 0 bridgehead atoms. The number of nitrogens with zero attached hydrogens (tertiary/aromatic N) is 2. The highest BCUT2D eigenvalue weighted by molar-refractivity contribution is 8.00. The SMILES string of the molecule is CC(C)CN1C(=O)CC(SCCC(=O)C(C)C)C1=O.CCC(=O)C(N)CSC1CC(=O)N(CC(C)C)C1=O. The molecule has 0 aromatic rings. The number of hydrogen-bond donors (Lipinski definition) is 1. The van der Waals surface area contributed by atoms with Crippen molar-refractivity contribution in [2.75, 3.05) is 24.6 Å². The number of amides is 4. The predicted octanol–water partition coefficient (Wildman–Crippen LogP) is 2.93. The molecule has 2 saturated heterocycles. The van der Waals surface area contributed by atoms with Crippen molar-refractivity contribution in [1.82, 2.24) is 9.80 Å². The molecule has 4 amide bonds. The quantitative estimate of drug-likeness (QED) is 0.312. The second kappa shape index (κ2) is 16.4. The topological polar surface area (TPSA) is 135 Å². The molecular formula is C27H45N3O6S2. The lowest BCUT2D eigenvalue weighted by atomic mass is 10.1. The van der Waals surface area contributed by atoms with Crippen molar-refractivity contribution in [3.8, 4) is 0 Å². The molecule has 216 valence electrons. The van der Waals surface area contributed by atoms with E-state index in [4.69, 9.17) is 5.73 Å². The van der Waals surface area contributed by atoms with Gasteiger partial charge in [-0.3, -0.25) is 38.6 Å². The average molecular weight is 572 g/mol. The molecule has 11 heteroatoms. The van der Waals surface area contributed by atoms with Crippen LogP contribution < -0.4 is 5.73 Å². The van der Waals surface area contributed by atoms with Crippen LogP contribution in [0.15, 0.2) is 0 Å². The number of rotatable bonds is 14. The Bertz CT molecular complexity index is 875. The summed E-state index contributed by atoms with van der Waals surface area (Å²) in [5.41, 5.74) is 5.72. The number of ketones is 2. The first-order chi connectivity index (χ1) is 17.7. The molecule has 2 N–H and O–H groups in total. The molecule has 0 aromatic heterocycles. The van der Waals surface area contributed by atoms with Crippen molar-refractivity contribution in [2.24, 2.45) is 23.5 Å². The van der Waals surface area contributed by atoms with Crippen molar-refractivity contribution >= 4 is 58.7 Å². The zero-order valence-corrected chi connectivity index (χ0v) is 25.5. The zero-order chi connectivity index (χ0) is 29.2. The molecule has 0 spiro atoms. The first-order valence-corrected chi connectivity index (χ1v) is 15.5. The summed E-state index contributed by atoms with van der Waals surface area (Å²) in [6, 6.07) is -0.544. The molecule has 2 heterocycles. The molecule has 0 aliphatic carbocycles. The van der Waals surface area contributed by atoms with E-state index >= 15 is 0 Å². The molecular weight excluding hydrogens is 526 g/mol. The van der Waals surface area contributed by atoms with E-state index in [1.807, 2.05) is 41.5 Å². The fourth-order valence-corrected chi connectivity index (χ4v) is 6.13. The predicted molar refractivity (Wildman–Crippen MR) is 153 cm³/mol. The minimum absolute atomic E-state index is 0.0108. The summed E-state index contributed by atoms with van der Waals surface area (Å²) in [6.07, 6.45) is 1.39. The Morgan fingerprint density at radius 1 is 0.816 bits per heavy atom. The number of thioether (sulfide) groups is 2. The fraction of sp³-hybridized carbons (Fsp3) is 0.778. The lowest BCUT2D eigenvalue weighted by Crippen LogP contribution is -2.36. The zero-order valence-electron chi connectivity index (χ0n) is 23.9. The fourth-order valence-electron chi connectivity index (χ4n) is 3.85. The van der Waals surface area contributed by atoms with Gasteiger partial charge in [0.25, 0.3) is 0 Å². The summed E-state index contributed by atoms with van der Waals surface area (Å²) >= 11 is 2.76. The van der Waals surface area contributed by atoms with Gasteiger partial charge in [-0.2, -0.15) is 0 Å². The van der Waals surface area contributed by atoms with E-state index in [0.717, 1.165) is 0 Å². The summed E-state index contributed by atoms with van der Waals surface area (Å²) in [6.45, 7) is 14.4. The van der Waals surface area contributed by atoms with Gasteiger partial charge in [-0.05, 0) is 11.8 Å². The van der Waals surface area contributed by atoms with Gasteiger partial charge in [0.2, 0.25) is 23.6 Å². The Morgan fingerprint density at radius 3 is 1.66 bits per heavy atom. The number of Topliss-reactive ketones (excluding diaryl/α,β-unsaturated/α-hetero) is 2. The third-order valence-electron chi connectivity index (χ3n) is 6.05. The average Bonchev–Trinajstić information content (AvgIpc) is 3.25. The Hall–Kier alpha value is -1.72. The van der Waals surface area contributed by atoms with Gasteiger partial charge in [-0.1, -0.05) is 48.5 Å². The Morgan fingerprint density at radius 2 is 1.26 bits per heavy atom. The van der Waals surface area contributed by atoms with Crippen molar-refractivity contribution in [3.63, 3.8) is 0 Å². The molecule has 3 atom stereocenters. The van der Waals surface area contributed by atoms with E-state index in [9.17, 15) is 28.8 Å². The smallest absolute Gasteiger partial charge is 0.242 e. The Labute approximate surface area is 235 Å². The van der Waals surface area contributed by atoms with E-state index in [-0.39, 0.29) is 70.4 Å². The maximum Gasteiger partial charge on any atom is 0.242 e. The van der Waals surface area contributed by atoms with Gasteiger partial charge < -0.3 is 5.73 Å². The molecule has 2 aliphatic heterocycles. The molecule has 3 unspecified atom stereocenters. The number of carbonyl (C=O) groups excluding carboxylic acids is 6. The highest BCUT2D eigenvalue weighted by Gasteiger charge is 2.40. The summed E-state index contributed by atoms with van der Waals surface area (Å²) in [5, 5.41) is -0.659. The van der Waals surface area contributed by atoms with Crippen LogP contribution in [0, 0.1) is 17.8 Å². The normalized spacial score (nSPS) is 20.6. The second-order valence-electron chi connectivity index (χ2n) is 10.9. The third-order valence-corrected chi connectivity index (χ3v) is 8.58. The number of imide groups is 2. The lowest BCUT2D eigenvalue weighted by Gasteiger charge is -2.17. The summed E-state index contributed by atoms with van der Waals surface area (Å²) in [5.74, 6) is 1.39. The molecule has 0 saturated carbocycles. The van der Waals surface area contributed by atoms with E-state index < -0.39 is 6.04 Å². The van der Waals surface area contributed by atoms with Gasteiger partial charge in [-0.25, -0.2) is 0 Å². The Balaban J connectivity index is 0.000000380. The van der Waals surface area contributed by atoms with Crippen LogP contribution in [0.1, 0.15) is 74.1 Å². The number of likely N-dealkylation sites (tertiary alicyclic amines) is 2. The van der Waals surface area contributed by atoms with Crippen LogP contribution >= 0.6 is 23.5 Å². The van der Waals surface area contributed by atoms with Gasteiger partial charge in [0, 0.05) is 56.2 Å². The van der Waals surface area contributed by atoms with E-state index in [1.54, 1.807) is 6.92 Å². The van der Waals surface area contributed by atoms with Crippen molar-refractivity contribution < 1.29 is 28.8 Å². The number of hydrogen-bond acceptors (Lipinski definition) is 9. The van der Waals surface area contributed by atoms with Crippen molar-refractivity contribution in [1.29, 1.82) is 0 Å². The van der Waals surface area contributed by atoms with E-state index in [1.165, 1.54) is 33.3 Å². The van der Waals surface area contributed by atoms with Crippen LogP contribution in [-0.4, -0.2) is 86.1 Å². The first-order valence-electron chi connectivity index (χ1n) is 13.4. The molecule has 0 aromatic carbocycles. The Kier molecular flexibility index (Phi) is 14.8. The van der Waals surface area contributed by atoms with E-state index in [2.05, 4.69) is 0 Å². The standard InChI is InChI=1S/C14H23NO3S.C13H22N2O3S/c1-9(2)8-15-13(17)7-12(14(15)18)19-6-5-11(16)10(3)4;1-4-10(16)9(14)7-19-11-5-12(17)15(13(11)18)6-8(2)3/h9-10,12H,5-8H2,1-4H3;8-9,11H,4-7,14H2,1-3H3. The lowest BCUT2D eigenvalue weighted by molar-refractivity contribution is -0.140. The van der Waals surface area contributed by atoms with Crippen LogP contribution in [0.4, 0.5) is 0 Å². The van der Waals surface area contributed by atoms with Crippen LogP contribution in [0.2, 0.25) is 0 Å². The number of nitrogens with two attached hydrogens (primary N) is 1.